The molecule has 0 spiro atoms. The zero-order valence-electron chi connectivity index (χ0n) is 19.2. The molecule has 2 aromatic heterocycles. The average Bonchev–Trinajstić information content (AvgIpc) is 3.48. The van der Waals surface area contributed by atoms with Crippen molar-refractivity contribution in [3.63, 3.8) is 0 Å². The van der Waals surface area contributed by atoms with Crippen LogP contribution in [0.4, 0.5) is 8.78 Å². The Bertz CT molecular complexity index is 1400. The van der Waals surface area contributed by atoms with Crippen LogP contribution in [0, 0.1) is 11.6 Å². The lowest BCUT2D eigenvalue weighted by atomic mass is 10.1. The number of nitrogens with zero attached hydrogens (tertiary/aromatic N) is 3. The fourth-order valence-corrected chi connectivity index (χ4v) is 4.65. The van der Waals surface area contributed by atoms with Gasteiger partial charge in [0.25, 0.3) is 6.01 Å². The van der Waals surface area contributed by atoms with E-state index < -0.39 is 52.4 Å². The highest BCUT2D eigenvalue weighted by Gasteiger charge is 2.48. The molecule has 14 heteroatoms. The van der Waals surface area contributed by atoms with Gasteiger partial charge in [-0.1, -0.05) is 11.6 Å². The summed E-state index contributed by atoms with van der Waals surface area (Å²) in [7, 11) is -2.40. The van der Waals surface area contributed by atoms with E-state index in [1.165, 1.54) is 18.6 Å². The van der Waals surface area contributed by atoms with Gasteiger partial charge in [0.15, 0.2) is 11.8 Å². The van der Waals surface area contributed by atoms with Crippen molar-refractivity contribution in [1.29, 1.82) is 0 Å². The molecule has 2 aliphatic rings. The molecule has 2 fully saturated rings. The number of aliphatic hydroxyl groups is 1. The van der Waals surface area contributed by atoms with Crippen LogP contribution in [0.2, 0.25) is 5.02 Å². The molecular weight excluding hydrogens is 522 g/mol. The van der Waals surface area contributed by atoms with E-state index in [0.717, 1.165) is 12.1 Å². The van der Waals surface area contributed by atoms with Crippen molar-refractivity contribution in [1.82, 2.24) is 15.0 Å². The van der Waals surface area contributed by atoms with Crippen molar-refractivity contribution in [3.8, 4) is 11.9 Å². The Balaban J connectivity index is 1.29. The van der Waals surface area contributed by atoms with E-state index in [9.17, 15) is 18.1 Å². The van der Waals surface area contributed by atoms with Gasteiger partial charge in [-0.05, 0) is 23.8 Å². The Labute approximate surface area is 210 Å². The number of halogens is 3. The molecule has 0 aliphatic carbocycles. The summed E-state index contributed by atoms with van der Waals surface area (Å²) in [6, 6.07) is 3.89. The first-order valence-electron chi connectivity index (χ1n) is 10.9. The van der Waals surface area contributed by atoms with Gasteiger partial charge < -0.3 is 29.0 Å². The molecular formula is C22H23ClF2N4O6S. The number of hydrogen-bond donors (Lipinski definition) is 2. The lowest BCUT2D eigenvalue weighted by Crippen LogP contribution is -2.34. The molecule has 1 aromatic carbocycles. The van der Waals surface area contributed by atoms with E-state index >= 15 is 0 Å². The molecule has 10 nitrogen and oxygen atoms in total. The average molecular weight is 545 g/mol. The van der Waals surface area contributed by atoms with Gasteiger partial charge >= 0.3 is 0 Å². The molecule has 0 saturated carbocycles. The van der Waals surface area contributed by atoms with E-state index in [1.54, 1.807) is 0 Å². The third-order valence-corrected chi connectivity index (χ3v) is 6.75. The highest BCUT2D eigenvalue weighted by atomic mass is 35.5. The van der Waals surface area contributed by atoms with E-state index in [2.05, 4.69) is 19.3 Å². The molecule has 3 aromatic rings. The quantitative estimate of drug-likeness (QED) is 0.464. The SMILES string of the molecule is CS(C)(=O)=NCc1cc(F)c(COc2nc3nc(O[C@@H]4CO[C@H]5[C@@H]4OC[C@H]5O)[nH]c3cc2Cl)c(F)c1. The van der Waals surface area contributed by atoms with Crippen LogP contribution < -0.4 is 9.47 Å². The minimum Gasteiger partial charge on any atom is -0.471 e. The fraction of sp³-hybridized carbons (Fsp3) is 0.455. The van der Waals surface area contributed by atoms with Crippen LogP contribution in [0.15, 0.2) is 22.6 Å². The molecule has 36 heavy (non-hydrogen) atoms. The largest absolute Gasteiger partial charge is 0.471 e. The van der Waals surface area contributed by atoms with Crippen LogP contribution >= 0.6 is 11.6 Å². The van der Waals surface area contributed by atoms with Crippen LogP contribution in [0.3, 0.4) is 0 Å². The molecule has 2 saturated heterocycles. The van der Waals surface area contributed by atoms with Crippen LogP contribution in [-0.4, -0.2) is 74.4 Å². The number of aromatic nitrogens is 3. The number of H-pyrrole nitrogens is 1. The highest BCUT2D eigenvalue weighted by molar-refractivity contribution is 7.92. The number of ether oxygens (including phenoxy) is 4. The van der Waals surface area contributed by atoms with Gasteiger partial charge in [-0.25, -0.2) is 13.1 Å². The second-order valence-electron chi connectivity index (χ2n) is 8.80. The summed E-state index contributed by atoms with van der Waals surface area (Å²) in [5.41, 5.74) is 0.612. The summed E-state index contributed by atoms with van der Waals surface area (Å²) in [6.07, 6.45) is 0.848. The highest BCUT2D eigenvalue weighted by Crippen LogP contribution is 2.31. The molecule has 0 radical (unpaired) electrons. The number of aromatic amines is 1. The fourth-order valence-electron chi connectivity index (χ4n) is 3.98. The maximum absolute atomic E-state index is 14.5. The van der Waals surface area contributed by atoms with Crippen molar-refractivity contribution in [2.75, 3.05) is 25.7 Å². The number of aliphatic hydroxyl groups excluding tert-OH is 1. The summed E-state index contributed by atoms with van der Waals surface area (Å²) >= 11 is 6.26. The standard InChI is InChI=1S/C22H23ClF2N4O6S/c1-36(2,31)26-6-10-3-13(24)11(14(25)4-10)7-34-21-12(23)5-15-20(28-21)29-22(27-15)35-17-9-33-18-16(30)8-32-19(17)18/h3-5,16-19,30H,6-9H2,1-2H3,(H,27,28,29)/t16-,17-,18-,19-/m1/s1. The summed E-state index contributed by atoms with van der Waals surface area (Å²) in [5.74, 6) is -1.73. The zero-order valence-corrected chi connectivity index (χ0v) is 20.8. The first-order valence-corrected chi connectivity index (χ1v) is 13.6. The molecule has 0 amide bonds. The second-order valence-corrected chi connectivity index (χ2v) is 11.8. The van der Waals surface area contributed by atoms with Gasteiger partial charge in [0.2, 0.25) is 5.88 Å². The minimum absolute atomic E-state index is 0.0664. The Morgan fingerprint density at radius 2 is 1.92 bits per heavy atom. The molecule has 5 rings (SSSR count). The number of imidazole rings is 1. The maximum atomic E-state index is 14.5. The van der Waals surface area contributed by atoms with Crippen molar-refractivity contribution in [3.05, 3.63) is 46.0 Å². The summed E-state index contributed by atoms with van der Waals surface area (Å²) in [4.78, 5) is 11.4. The Kier molecular flexibility index (Phi) is 6.76. The van der Waals surface area contributed by atoms with Gasteiger partial charge in [-0.15, -0.1) is 0 Å². The van der Waals surface area contributed by atoms with Crippen LogP contribution in [-0.2, 0) is 32.4 Å². The molecule has 2 aliphatic heterocycles. The number of benzene rings is 1. The number of nitrogens with one attached hydrogen (secondary N) is 1. The number of fused-ring (bicyclic) bond motifs is 2. The van der Waals surface area contributed by atoms with Gasteiger partial charge in [0.1, 0.15) is 41.6 Å². The van der Waals surface area contributed by atoms with Crippen molar-refractivity contribution >= 4 is 32.5 Å². The predicted octanol–water partition coefficient (Wildman–Crippen LogP) is 2.60. The molecule has 4 atom stereocenters. The van der Waals surface area contributed by atoms with Gasteiger partial charge in [-0.2, -0.15) is 9.97 Å². The lowest BCUT2D eigenvalue weighted by Gasteiger charge is -2.15. The van der Waals surface area contributed by atoms with Crippen molar-refractivity contribution in [2.45, 2.75) is 37.6 Å². The molecule has 4 heterocycles. The van der Waals surface area contributed by atoms with E-state index in [1.807, 2.05) is 0 Å². The van der Waals surface area contributed by atoms with Gasteiger partial charge in [-0.3, -0.25) is 4.21 Å². The Hall–Kier alpha value is -2.58. The smallest absolute Gasteiger partial charge is 0.296 e. The molecule has 0 bridgehead atoms. The number of pyridine rings is 1. The monoisotopic (exact) mass is 544 g/mol. The van der Waals surface area contributed by atoms with Crippen LogP contribution in [0.5, 0.6) is 11.9 Å². The number of rotatable bonds is 7. The topological polar surface area (TPSA) is 128 Å². The molecule has 2 N–H and O–H groups in total. The van der Waals surface area contributed by atoms with Crippen LogP contribution in [0.1, 0.15) is 11.1 Å². The predicted molar refractivity (Wildman–Crippen MR) is 126 cm³/mol. The van der Waals surface area contributed by atoms with Gasteiger partial charge in [0.05, 0.1) is 30.8 Å². The van der Waals surface area contributed by atoms with Crippen molar-refractivity contribution < 1.29 is 37.0 Å². The zero-order chi connectivity index (χ0) is 25.6. The minimum atomic E-state index is -2.40. The maximum Gasteiger partial charge on any atom is 0.296 e. The van der Waals surface area contributed by atoms with Crippen LogP contribution in [0.25, 0.3) is 11.2 Å². The number of hydrogen-bond acceptors (Lipinski definition) is 9. The lowest BCUT2D eigenvalue weighted by molar-refractivity contribution is 0.00706. The van der Waals surface area contributed by atoms with E-state index in [-0.39, 0.29) is 53.4 Å². The first-order chi connectivity index (χ1) is 17.1. The summed E-state index contributed by atoms with van der Waals surface area (Å²) in [6.45, 7) is -0.144. The van der Waals surface area contributed by atoms with E-state index in [4.69, 9.17) is 30.5 Å². The Morgan fingerprint density at radius 3 is 2.64 bits per heavy atom. The Morgan fingerprint density at radius 1 is 1.19 bits per heavy atom. The third-order valence-electron chi connectivity index (χ3n) is 5.73. The van der Waals surface area contributed by atoms with Crippen molar-refractivity contribution in [2.24, 2.45) is 4.36 Å². The molecule has 194 valence electrons. The normalized spacial score (nSPS) is 23.7. The second kappa shape index (κ2) is 9.71. The molecule has 0 unspecified atom stereocenters. The van der Waals surface area contributed by atoms with Gasteiger partial charge in [0, 0.05) is 22.2 Å². The summed E-state index contributed by atoms with van der Waals surface area (Å²) in [5, 5.41) is 9.96. The third kappa shape index (κ3) is 5.25. The first kappa shape index (κ1) is 25.1. The van der Waals surface area contributed by atoms with E-state index in [0.29, 0.717) is 5.52 Å². The summed E-state index contributed by atoms with van der Waals surface area (Å²) < 4.78 is 67.1.